The Morgan fingerprint density at radius 3 is 2.56 bits per heavy atom. The molecule has 1 heterocycles. The van der Waals surface area contributed by atoms with E-state index in [-0.39, 0.29) is 0 Å². The van der Waals surface area contributed by atoms with E-state index in [1.807, 2.05) is 0 Å². The zero-order valence-corrected chi connectivity index (χ0v) is 10.8. The van der Waals surface area contributed by atoms with Crippen LogP contribution in [0.5, 0.6) is 0 Å². The first kappa shape index (κ1) is 12.3. The molecule has 0 spiro atoms. The van der Waals surface area contributed by atoms with Gasteiger partial charge in [0.05, 0.1) is 0 Å². The van der Waals surface area contributed by atoms with Crippen LogP contribution in [0.3, 0.4) is 0 Å². The molecule has 94 valence electrons. The molecule has 1 saturated carbocycles. The molecule has 0 aromatic rings. The van der Waals surface area contributed by atoms with Gasteiger partial charge < -0.3 is 16.0 Å². The summed E-state index contributed by atoms with van der Waals surface area (Å²) in [6.45, 7) is 9.09. The topological polar surface area (TPSA) is 41.3 Å². The zero-order valence-electron chi connectivity index (χ0n) is 10.8. The summed E-state index contributed by atoms with van der Waals surface area (Å²) < 4.78 is 0. The molecular weight excluding hydrogens is 198 g/mol. The number of nitrogens with one attached hydrogen (secondary N) is 1. The lowest BCUT2D eigenvalue weighted by atomic mass is 9.91. The van der Waals surface area contributed by atoms with Gasteiger partial charge in [0.25, 0.3) is 0 Å². The predicted molar refractivity (Wildman–Crippen MR) is 68.4 cm³/mol. The fourth-order valence-corrected chi connectivity index (χ4v) is 2.72. The normalized spacial score (nSPS) is 28.9. The molecule has 2 aliphatic rings. The maximum Gasteiger partial charge on any atom is 0.00683 e. The van der Waals surface area contributed by atoms with E-state index in [0.717, 1.165) is 25.0 Å². The van der Waals surface area contributed by atoms with Crippen LogP contribution < -0.4 is 11.1 Å². The van der Waals surface area contributed by atoms with Crippen LogP contribution >= 0.6 is 0 Å². The van der Waals surface area contributed by atoms with E-state index in [4.69, 9.17) is 5.73 Å². The summed E-state index contributed by atoms with van der Waals surface area (Å²) in [6.07, 6.45) is 4.09. The van der Waals surface area contributed by atoms with Gasteiger partial charge in [0.1, 0.15) is 0 Å². The number of rotatable bonds is 6. The monoisotopic (exact) mass is 225 g/mol. The minimum absolute atomic E-state index is 0.685. The number of nitrogens with two attached hydrogens (primary N) is 1. The molecule has 3 nitrogen and oxygen atoms in total. The summed E-state index contributed by atoms with van der Waals surface area (Å²) in [6, 6.07) is 1.51. The minimum Gasteiger partial charge on any atom is -0.330 e. The molecule has 1 saturated heterocycles. The van der Waals surface area contributed by atoms with Gasteiger partial charge in [0, 0.05) is 18.6 Å². The maximum atomic E-state index is 5.92. The predicted octanol–water partition coefficient (Wildman–Crippen LogP) is 1.04. The van der Waals surface area contributed by atoms with Crippen molar-refractivity contribution in [3.63, 3.8) is 0 Å². The van der Waals surface area contributed by atoms with Gasteiger partial charge in [-0.3, -0.25) is 0 Å². The van der Waals surface area contributed by atoms with Crippen LogP contribution in [0.15, 0.2) is 0 Å². The first-order chi connectivity index (χ1) is 7.70. The quantitative estimate of drug-likeness (QED) is 0.710. The standard InChI is InChI=1S/C13H27N3/c1-10(2)16-6-5-11(9-16)12(7-14)8-15-13-3-4-13/h10-13,15H,3-9,14H2,1-2H3. The van der Waals surface area contributed by atoms with Gasteiger partial charge in [-0.25, -0.2) is 0 Å². The third-order valence-corrected chi connectivity index (χ3v) is 4.20. The van der Waals surface area contributed by atoms with Gasteiger partial charge in [0.15, 0.2) is 0 Å². The average molecular weight is 225 g/mol. The largest absolute Gasteiger partial charge is 0.330 e. The molecule has 2 rings (SSSR count). The van der Waals surface area contributed by atoms with Crippen molar-refractivity contribution in [1.82, 2.24) is 10.2 Å². The van der Waals surface area contributed by atoms with E-state index in [9.17, 15) is 0 Å². The van der Waals surface area contributed by atoms with Crippen molar-refractivity contribution in [3.05, 3.63) is 0 Å². The lowest BCUT2D eigenvalue weighted by Crippen LogP contribution is -2.36. The van der Waals surface area contributed by atoms with Crippen molar-refractivity contribution in [2.75, 3.05) is 26.2 Å². The highest BCUT2D eigenvalue weighted by molar-refractivity contribution is 4.87. The Morgan fingerprint density at radius 2 is 2.06 bits per heavy atom. The molecule has 1 aliphatic carbocycles. The Labute approximate surface area is 99.8 Å². The SMILES string of the molecule is CC(C)N1CCC(C(CN)CNC2CC2)C1. The van der Waals surface area contributed by atoms with Crippen LogP contribution in [-0.2, 0) is 0 Å². The smallest absolute Gasteiger partial charge is 0.00683 e. The Morgan fingerprint density at radius 1 is 1.31 bits per heavy atom. The van der Waals surface area contributed by atoms with Gasteiger partial charge in [-0.05, 0) is 64.6 Å². The molecule has 0 radical (unpaired) electrons. The zero-order chi connectivity index (χ0) is 11.5. The second kappa shape index (κ2) is 5.48. The lowest BCUT2D eigenvalue weighted by molar-refractivity contribution is 0.244. The Bertz CT molecular complexity index is 213. The molecule has 2 atom stereocenters. The Hall–Kier alpha value is -0.120. The Balaban J connectivity index is 1.75. The average Bonchev–Trinajstić information content (AvgIpc) is 2.94. The van der Waals surface area contributed by atoms with Crippen molar-refractivity contribution in [1.29, 1.82) is 0 Å². The van der Waals surface area contributed by atoms with E-state index in [2.05, 4.69) is 24.1 Å². The first-order valence-electron chi connectivity index (χ1n) is 6.88. The number of hydrogen-bond acceptors (Lipinski definition) is 3. The molecule has 0 aromatic carbocycles. The van der Waals surface area contributed by atoms with Crippen LogP contribution in [0.1, 0.15) is 33.1 Å². The van der Waals surface area contributed by atoms with Gasteiger partial charge >= 0.3 is 0 Å². The van der Waals surface area contributed by atoms with Crippen molar-refractivity contribution in [3.8, 4) is 0 Å². The third kappa shape index (κ3) is 3.19. The van der Waals surface area contributed by atoms with Crippen molar-refractivity contribution in [2.24, 2.45) is 17.6 Å². The van der Waals surface area contributed by atoms with Crippen molar-refractivity contribution in [2.45, 2.75) is 45.2 Å². The number of likely N-dealkylation sites (tertiary alicyclic amines) is 1. The van der Waals surface area contributed by atoms with Crippen LogP contribution in [0.4, 0.5) is 0 Å². The molecular formula is C13H27N3. The minimum atomic E-state index is 0.685. The number of nitrogens with zero attached hydrogens (tertiary/aromatic N) is 1. The second-order valence-corrected chi connectivity index (χ2v) is 5.82. The van der Waals surface area contributed by atoms with Gasteiger partial charge in [-0.15, -0.1) is 0 Å². The maximum absolute atomic E-state index is 5.92. The summed E-state index contributed by atoms with van der Waals surface area (Å²) in [5, 5.41) is 3.63. The van der Waals surface area contributed by atoms with Crippen LogP contribution in [0.2, 0.25) is 0 Å². The first-order valence-corrected chi connectivity index (χ1v) is 6.88. The van der Waals surface area contributed by atoms with Crippen molar-refractivity contribution >= 4 is 0 Å². The number of hydrogen-bond donors (Lipinski definition) is 2. The highest BCUT2D eigenvalue weighted by Gasteiger charge is 2.31. The van der Waals surface area contributed by atoms with E-state index in [1.165, 1.54) is 32.4 Å². The van der Waals surface area contributed by atoms with E-state index in [0.29, 0.717) is 12.0 Å². The van der Waals surface area contributed by atoms with Crippen LogP contribution in [0, 0.1) is 11.8 Å². The molecule has 1 aliphatic heterocycles. The molecule has 0 bridgehead atoms. The van der Waals surface area contributed by atoms with Gasteiger partial charge in [0.2, 0.25) is 0 Å². The lowest BCUT2D eigenvalue weighted by Gasteiger charge is -2.24. The van der Waals surface area contributed by atoms with Gasteiger partial charge in [-0.1, -0.05) is 0 Å². The van der Waals surface area contributed by atoms with E-state index < -0.39 is 0 Å². The van der Waals surface area contributed by atoms with Crippen molar-refractivity contribution < 1.29 is 0 Å². The third-order valence-electron chi connectivity index (χ3n) is 4.20. The molecule has 16 heavy (non-hydrogen) atoms. The van der Waals surface area contributed by atoms with Gasteiger partial charge in [-0.2, -0.15) is 0 Å². The van der Waals surface area contributed by atoms with Crippen LogP contribution in [-0.4, -0.2) is 43.2 Å². The highest BCUT2D eigenvalue weighted by atomic mass is 15.2. The molecule has 0 aromatic heterocycles. The highest BCUT2D eigenvalue weighted by Crippen LogP contribution is 2.26. The molecule has 3 N–H and O–H groups in total. The van der Waals surface area contributed by atoms with E-state index in [1.54, 1.807) is 0 Å². The molecule has 0 amide bonds. The fraction of sp³-hybridized carbons (Fsp3) is 1.00. The summed E-state index contributed by atoms with van der Waals surface area (Å²) in [7, 11) is 0. The summed E-state index contributed by atoms with van der Waals surface area (Å²) in [4.78, 5) is 2.59. The van der Waals surface area contributed by atoms with E-state index >= 15 is 0 Å². The molecule has 2 fully saturated rings. The molecule has 3 heteroatoms. The summed E-state index contributed by atoms with van der Waals surface area (Å²) in [5.74, 6) is 1.50. The Kier molecular flexibility index (Phi) is 4.22. The van der Waals surface area contributed by atoms with Crippen LogP contribution in [0.25, 0.3) is 0 Å². The summed E-state index contributed by atoms with van der Waals surface area (Å²) in [5.41, 5.74) is 5.92. The summed E-state index contributed by atoms with van der Waals surface area (Å²) >= 11 is 0. The fourth-order valence-electron chi connectivity index (χ4n) is 2.72. The second-order valence-electron chi connectivity index (χ2n) is 5.82. The molecule has 2 unspecified atom stereocenters.